The van der Waals surface area contributed by atoms with Gasteiger partial charge in [-0.15, -0.1) is 0 Å². The highest BCUT2D eigenvalue weighted by Gasteiger charge is 2.21. The van der Waals surface area contributed by atoms with E-state index >= 15 is 0 Å². The van der Waals surface area contributed by atoms with Crippen LogP contribution in [-0.2, 0) is 10.0 Å². The number of sulfonamides is 1. The first-order valence-corrected chi connectivity index (χ1v) is 8.68. The van der Waals surface area contributed by atoms with Gasteiger partial charge in [0.25, 0.3) is 0 Å². The highest BCUT2D eigenvalue weighted by molar-refractivity contribution is 8.00. The van der Waals surface area contributed by atoms with Crippen LogP contribution in [0.15, 0.2) is 23.4 Å². The van der Waals surface area contributed by atoms with Crippen molar-refractivity contribution in [3.8, 4) is 0 Å². The first-order valence-electron chi connectivity index (χ1n) is 6.15. The van der Waals surface area contributed by atoms with E-state index in [1.807, 2.05) is 11.8 Å². The van der Waals surface area contributed by atoms with Crippen molar-refractivity contribution in [3.05, 3.63) is 18.5 Å². The highest BCUT2D eigenvalue weighted by Crippen LogP contribution is 2.25. The molecule has 0 bridgehead atoms. The Morgan fingerprint density at radius 1 is 1.47 bits per heavy atom. The van der Waals surface area contributed by atoms with E-state index in [1.54, 1.807) is 0 Å². The lowest BCUT2D eigenvalue weighted by Crippen LogP contribution is -2.32. The van der Waals surface area contributed by atoms with Crippen LogP contribution in [0.5, 0.6) is 0 Å². The average Bonchev–Trinajstić information content (AvgIpc) is 2.46. The van der Waals surface area contributed by atoms with Crippen molar-refractivity contribution in [2.24, 2.45) is 5.84 Å². The molecule has 19 heavy (non-hydrogen) atoms. The van der Waals surface area contributed by atoms with E-state index in [4.69, 9.17) is 5.84 Å². The van der Waals surface area contributed by atoms with E-state index in [9.17, 15) is 8.42 Å². The fourth-order valence-corrected chi connectivity index (χ4v) is 4.50. The molecule has 0 saturated carbocycles. The van der Waals surface area contributed by atoms with Gasteiger partial charge in [-0.3, -0.25) is 10.8 Å². The Labute approximate surface area is 117 Å². The minimum Gasteiger partial charge on any atom is -0.323 e. The molecule has 2 rings (SSSR count). The van der Waals surface area contributed by atoms with Gasteiger partial charge in [0, 0.05) is 24.2 Å². The Balaban J connectivity index is 2.05. The van der Waals surface area contributed by atoms with E-state index in [2.05, 4.69) is 15.1 Å². The van der Waals surface area contributed by atoms with Gasteiger partial charge in [0.15, 0.2) is 0 Å². The number of nitrogens with one attached hydrogen (secondary N) is 2. The number of hydrogen-bond donors (Lipinski definition) is 3. The molecule has 2 heterocycles. The van der Waals surface area contributed by atoms with Crippen LogP contribution in [0.1, 0.15) is 19.3 Å². The molecule has 0 spiro atoms. The van der Waals surface area contributed by atoms with Crippen molar-refractivity contribution in [1.29, 1.82) is 0 Å². The molecule has 0 amide bonds. The normalized spacial score (nSPS) is 20.2. The minimum absolute atomic E-state index is 0.0818. The quantitative estimate of drug-likeness (QED) is 0.553. The smallest absolute Gasteiger partial charge is 0.244 e. The topological polar surface area (TPSA) is 97.1 Å². The van der Waals surface area contributed by atoms with Crippen LogP contribution in [0.25, 0.3) is 0 Å². The summed E-state index contributed by atoms with van der Waals surface area (Å²) < 4.78 is 27.0. The van der Waals surface area contributed by atoms with Crippen LogP contribution in [0.3, 0.4) is 0 Å². The number of nitrogen functional groups attached to an aromatic ring is 1. The molecule has 1 fully saturated rings. The molecule has 1 aliphatic heterocycles. The van der Waals surface area contributed by atoms with Gasteiger partial charge in [0.05, 0.1) is 5.69 Å². The van der Waals surface area contributed by atoms with Crippen molar-refractivity contribution >= 4 is 27.5 Å². The number of nitrogens with zero attached hydrogens (tertiary/aromatic N) is 1. The number of anilines is 1. The maximum Gasteiger partial charge on any atom is 0.244 e. The zero-order chi connectivity index (χ0) is 13.7. The summed E-state index contributed by atoms with van der Waals surface area (Å²) in [6, 6.07) is 1.53. The molecule has 0 aromatic carbocycles. The lowest BCUT2D eigenvalue weighted by molar-refractivity contribution is 0.573. The van der Waals surface area contributed by atoms with E-state index in [0.717, 1.165) is 12.2 Å². The van der Waals surface area contributed by atoms with Crippen LogP contribution in [0.4, 0.5) is 5.69 Å². The lowest BCUT2D eigenvalue weighted by atomic mass is 10.2. The Hall–Kier alpha value is -0.830. The molecule has 6 nitrogen and oxygen atoms in total. The molecule has 1 saturated heterocycles. The largest absolute Gasteiger partial charge is 0.323 e. The fraction of sp³-hybridized carbons (Fsp3) is 0.545. The molecule has 0 aliphatic carbocycles. The molecule has 106 valence electrons. The zero-order valence-corrected chi connectivity index (χ0v) is 12.1. The maximum absolute atomic E-state index is 12.2. The number of hydrogen-bond acceptors (Lipinski definition) is 6. The van der Waals surface area contributed by atoms with E-state index < -0.39 is 10.0 Å². The monoisotopic (exact) mass is 302 g/mol. The molecule has 8 heteroatoms. The average molecular weight is 302 g/mol. The highest BCUT2D eigenvalue weighted by atomic mass is 32.2. The van der Waals surface area contributed by atoms with Crippen molar-refractivity contribution in [2.75, 3.05) is 17.7 Å². The Kier molecular flexibility index (Phi) is 5.03. The molecule has 4 N–H and O–H groups in total. The fourth-order valence-electron chi connectivity index (χ4n) is 1.96. The van der Waals surface area contributed by atoms with Crippen LogP contribution in [0, 0.1) is 0 Å². The van der Waals surface area contributed by atoms with Gasteiger partial charge in [-0.1, -0.05) is 6.42 Å². The Bertz CT molecular complexity index is 515. The molecule has 1 aromatic heterocycles. The van der Waals surface area contributed by atoms with Crippen molar-refractivity contribution in [2.45, 2.75) is 29.4 Å². The number of aromatic nitrogens is 1. The van der Waals surface area contributed by atoms with Gasteiger partial charge in [-0.2, -0.15) is 11.8 Å². The summed E-state index contributed by atoms with van der Waals surface area (Å²) >= 11 is 1.83. The van der Waals surface area contributed by atoms with Gasteiger partial charge in [-0.05, 0) is 24.7 Å². The second-order valence-corrected chi connectivity index (χ2v) is 7.50. The van der Waals surface area contributed by atoms with Crippen LogP contribution >= 0.6 is 11.8 Å². The predicted molar refractivity (Wildman–Crippen MR) is 77.3 cm³/mol. The molecule has 1 unspecified atom stereocenters. The summed E-state index contributed by atoms with van der Waals surface area (Å²) in [6.07, 6.45) is 6.23. The molecule has 0 radical (unpaired) electrons. The molecule has 1 aromatic rings. The van der Waals surface area contributed by atoms with Gasteiger partial charge >= 0.3 is 0 Å². The third-order valence-corrected chi connectivity index (χ3v) is 5.85. The van der Waals surface area contributed by atoms with E-state index in [1.165, 1.54) is 31.3 Å². The Morgan fingerprint density at radius 3 is 3.00 bits per heavy atom. The zero-order valence-electron chi connectivity index (χ0n) is 10.5. The van der Waals surface area contributed by atoms with Crippen molar-refractivity contribution < 1.29 is 8.42 Å². The van der Waals surface area contributed by atoms with Gasteiger partial charge in [0.1, 0.15) is 4.90 Å². The maximum atomic E-state index is 12.2. The summed E-state index contributed by atoms with van der Waals surface area (Å²) in [5.41, 5.74) is 2.72. The number of rotatable bonds is 5. The van der Waals surface area contributed by atoms with Crippen LogP contribution < -0.4 is 16.0 Å². The van der Waals surface area contributed by atoms with Crippen LogP contribution in [-0.4, -0.2) is 30.9 Å². The number of hydrazine groups is 1. The number of pyridine rings is 1. The second kappa shape index (κ2) is 6.56. The second-order valence-electron chi connectivity index (χ2n) is 4.36. The summed E-state index contributed by atoms with van der Waals surface area (Å²) in [7, 11) is -3.57. The third-order valence-electron chi connectivity index (χ3n) is 3.00. The van der Waals surface area contributed by atoms with Crippen LogP contribution in [0.2, 0.25) is 0 Å². The van der Waals surface area contributed by atoms with Crippen molar-refractivity contribution in [3.63, 3.8) is 0 Å². The summed E-state index contributed by atoms with van der Waals surface area (Å²) in [5, 5.41) is 0.356. The van der Waals surface area contributed by atoms with Gasteiger partial charge in [0.2, 0.25) is 10.0 Å². The third kappa shape index (κ3) is 3.82. The molecule has 1 aliphatic rings. The molecular weight excluding hydrogens is 284 g/mol. The summed E-state index contributed by atoms with van der Waals surface area (Å²) in [6.45, 7) is 0.450. The van der Waals surface area contributed by atoms with E-state index in [-0.39, 0.29) is 4.90 Å². The lowest BCUT2D eigenvalue weighted by Gasteiger charge is -2.21. The number of nitrogens with two attached hydrogens (primary N) is 1. The first kappa shape index (κ1) is 14.6. The van der Waals surface area contributed by atoms with E-state index in [0.29, 0.717) is 17.5 Å². The van der Waals surface area contributed by atoms with Gasteiger partial charge < -0.3 is 5.43 Å². The minimum atomic E-state index is -3.57. The SMILES string of the molecule is NNc1ccncc1S(=O)(=O)NCC1CCCCS1. The predicted octanol–water partition coefficient (Wildman–Crippen LogP) is 0.931. The molecule has 1 atom stereocenters. The number of thioether (sulfide) groups is 1. The molecular formula is C11H18N4O2S2. The van der Waals surface area contributed by atoms with Crippen molar-refractivity contribution in [1.82, 2.24) is 9.71 Å². The first-order chi connectivity index (χ1) is 9.13. The van der Waals surface area contributed by atoms with Gasteiger partial charge in [-0.25, -0.2) is 13.1 Å². The standard InChI is InChI=1S/C11H18N4O2S2/c12-15-10-4-5-13-8-11(10)19(16,17)14-7-9-3-1-2-6-18-9/h4-5,8-9,14H,1-3,6-7,12H2,(H,13,15). The summed E-state index contributed by atoms with van der Waals surface area (Å²) in [5.74, 6) is 6.42. The Morgan fingerprint density at radius 2 is 2.32 bits per heavy atom. The summed E-state index contributed by atoms with van der Waals surface area (Å²) in [4.78, 5) is 3.92.